The Balaban J connectivity index is 1.95. The third-order valence-corrected chi connectivity index (χ3v) is 3.60. The monoisotopic (exact) mass is 230 g/mol. The lowest BCUT2D eigenvalue weighted by atomic mass is 10.0. The molecule has 0 amide bonds. The fourth-order valence-electron chi connectivity index (χ4n) is 2.21. The van der Waals surface area contributed by atoms with Crippen LogP contribution in [0.25, 0.3) is 10.9 Å². The molecule has 0 saturated heterocycles. The lowest BCUT2D eigenvalue weighted by molar-refractivity contribution is 0.610. The van der Waals surface area contributed by atoms with Gasteiger partial charge in [-0.1, -0.05) is 12.1 Å². The number of aromatic nitrogens is 1. The van der Waals surface area contributed by atoms with E-state index in [0.717, 1.165) is 36.6 Å². The van der Waals surface area contributed by atoms with Crippen LogP contribution in [0.4, 0.5) is 4.39 Å². The third-order valence-electron chi connectivity index (χ3n) is 3.60. The molecular formula is C14H15FN2. The van der Waals surface area contributed by atoms with Crippen molar-refractivity contribution >= 4 is 10.9 Å². The Bertz CT molecular complexity index is 561. The molecule has 1 aromatic heterocycles. The first-order valence-electron chi connectivity index (χ1n) is 5.99. The second-order valence-corrected chi connectivity index (χ2v) is 4.97. The predicted octanol–water partition coefficient (Wildman–Crippen LogP) is 2.80. The van der Waals surface area contributed by atoms with Gasteiger partial charge in [0.1, 0.15) is 11.3 Å². The van der Waals surface area contributed by atoms with Crippen LogP contribution in [-0.2, 0) is 6.42 Å². The van der Waals surface area contributed by atoms with E-state index < -0.39 is 0 Å². The van der Waals surface area contributed by atoms with Crippen molar-refractivity contribution in [2.45, 2.75) is 31.2 Å². The third kappa shape index (κ3) is 2.03. The van der Waals surface area contributed by atoms with Gasteiger partial charge in [0.15, 0.2) is 0 Å². The molecule has 3 rings (SSSR count). The number of halogens is 1. The van der Waals surface area contributed by atoms with Gasteiger partial charge in [-0.15, -0.1) is 0 Å². The summed E-state index contributed by atoms with van der Waals surface area (Å²) < 4.78 is 13.6. The number of nitrogens with two attached hydrogens (primary N) is 1. The standard InChI is InChI=1S/C14H15FN2/c15-12-3-1-2-11-10(5-9-17-13(11)12)4-6-14(16)7-8-14/h1-3,5,9H,4,6-8,16H2. The molecule has 2 N–H and O–H groups in total. The molecule has 1 fully saturated rings. The minimum absolute atomic E-state index is 0.0446. The molecule has 0 bridgehead atoms. The maximum atomic E-state index is 13.6. The Labute approximate surface area is 99.7 Å². The van der Waals surface area contributed by atoms with E-state index >= 15 is 0 Å². The largest absolute Gasteiger partial charge is 0.325 e. The normalized spacial score (nSPS) is 17.3. The second-order valence-electron chi connectivity index (χ2n) is 4.97. The van der Waals surface area contributed by atoms with Gasteiger partial charge in [-0.3, -0.25) is 4.98 Å². The molecule has 1 aliphatic carbocycles. The molecule has 0 atom stereocenters. The number of fused-ring (bicyclic) bond motifs is 1. The summed E-state index contributed by atoms with van der Waals surface area (Å²) in [6.07, 6.45) is 5.78. The Hall–Kier alpha value is -1.48. The van der Waals surface area contributed by atoms with Crippen molar-refractivity contribution in [3.63, 3.8) is 0 Å². The summed E-state index contributed by atoms with van der Waals surface area (Å²) >= 11 is 0. The van der Waals surface area contributed by atoms with Crippen LogP contribution in [0.15, 0.2) is 30.5 Å². The van der Waals surface area contributed by atoms with Crippen molar-refractivity contribution in [1.29, 1.82) is 0 Å². The van der Waals surface area contributed by atoms with Crippen LogP contribution in [0.3, 0.4) is 0 Å². The minimum atomic E-state index is -0.252. The van der Waals surface area contributed by atoms with E-state index in [-0.39, 0.29) is 11.4 Å². The first kappa shape index (κ1) is 10.7. The van der Waals surface area contributed by atoms with Gasteiger partial charge in [0.05, 0.1) is 0 Å². The highest BCUT2D eigenvalue weighted by atomic mass is 19.1. The van der Waals surface area contributed by atoms with Crippen molar-refractivity contribution in [3.05, 3.63) is 41.8 Å². The van der Waals surface area contributed by atoms with Crippen LogP contribution in [0, 0.1) is 5.82 Å². The molecule has 0 spiro atoms. The van der Waals surface area contributed by atoms with Crippen LogP contribution < -0.4 is 5.73 Å². The fraction of sp³-hybridized carbons (Fsp3) is 0.357. The summed E-state index contributed by atoms with van der Waals surface area (Å²) in [6, 6.07) is 7.08. The number of aryl methyl sites for hydroxylation is 1. The van der Waals surface area contributed by atoms with E-state index in [4.69, 9.17) is 5.73 Å². The first-order chi connectivity index (χ1) is 8.18. The molecule has 1 heterocycles. The zero-order valence-electron chi connectivity index (χ0n) is 9.62. The summed E-state index contributed by atoms with van der Waals surface area (Å²) in [5.74, 6) is -0.252. The Morgan fingerprint density at radius 1 is 1.29 bits per heavy atom. The zero-order chi connectivity index (χ0) is 11.9. The number of para-hydroxylation sites is 1. The summed E-state index contributed by atoms with van der Waals surface area (Å²) in [4.78, 5) is 4.10. The number of rotatable bonds is 3. The molecule has 0 aliphatic heterocycles. The molecule has 3 heteroatoms. The molecule has 2 nitrogen and oxygen atoms in total. The van der Waals surface area contributed by atoms with Crippen LogP contribution in [0.2, 0.25) is 0 Å². The molecule has 1 aromatic carbocycles. The summed E-state index contributed by atoms with van der Waals surface area (Å²) in [7, 11) is 0. The van der Waals surface area contributed by atoms with E-state index in [1.165, 1.54) is 6.07 Å². The van der Waals surface area contributed by atoms with Gasteiger partial charge < -0.3 is 5.73 Å². The second kappa shape index (κ2) is 3.77. The maximum Gasteiger partial charge on any atom is 0.149 e. The summed E-state index contributed by atoms with van der Waals surface area (Å²) in [5, 5.41) is 0.914. The maximum absolute atomic E-state index is 13.6. The Morgan fingerprint density at radius 2 is 2.12 bits per heavy atom. The molecule has 0 radical (unpaired) electrons. The van der Waals surface area contributed by atoms with Gasteiger partial charge in [0, 0.05) is 17.1 Å². The number of nitrogens with zero attached hydrogens (tertiary/aromatic N) is 1. The highest BCUT2D eigenvalue weighted by Crippen LogP contribution is 2.37. The summed E-state index contributed by atoms with van der Waals surface area (Å²) in [6.45, 7) is 0. The average Bonchev–Trinajstić information content (AvgIpc) is 3.06. The van der Waals surface area contributed by atoms with Gasteiger partial charge >= 0.3 is 0 Å². The van der Waals surface area contributed by atoms with Crippen LogP contribution in [-0.4, -0.2) is 10.5 Å². The topological polar surface area (TPSA) is 38.9 Å². The van der Waals surface area contributed by atoms with E-state index in [1.807, 2.05) is 12.1 Å². The van der Waals surface area contributed by atoms with Crippen LogP contribution in [0.5, 0.6) is 0 Å². The van der Waals surface area contributed by atoms with Crippen molar-refractivity contribution < 1.29 is 4.39 Å². The lowest BCUT2D eigenvalue weighted by Crippen LogP contribution is -2.22. The van der Waals surface area contributed by atoms with Crippen LogP contribution >= 0.6 is 0 Å². The van der Waals surface area contributed by atoms with Crippen LogP contribution in [0.1, 0.15) is 24.8 Å². The minimum Gasteiger partial charge on any atom is -0.325 e. The molecule has 0 unspecified atom stereocenters. The van der Waals surface area contributed by atoms with Gasteiger partial charge in [0.25, 0.3) is 0 Å². The smallest absolute Gasteiger partial charge is 0.149 e. The molecular weight excluding hydrogens is 215 g/mol. The molecule has 1 aliphatic rings. The fourth-order valence-corrected chi connectivity index (χ4v) is 2.21. The van der Waals surface area contributed by atoms with Crippen molar-refractivity contribution in [2.24, 2.45) is 5.73 Å². The quantitative estimate of drug-likeness (QED) is 0.880. The van der Waals surface area contributed by atoms with Crippen molar-refractivity contribution in [3.8, 4) is 0 Å². The van der Waals surface area contributed by atoms with Gasteiger partial charge in [-0.25, -0.2) is 4.39 Å². The Kier molecular flexibility index (Phi) is 2.37. The SMILES string of the molecule is NC1(CCc2ccnc3c(F)cccc23)CC1. The summed E-state index contributed by atoms with van der Waals surface area (Å²) in [5.41, 5.74) is 7.73. The van der Waals surface area contributed by atoms with E-state index in [0.29, 0.717) is 5.52 Å². The molecule has 88 valence electrons. The van der Waals surface area contributed by atoms with Crippen molar-refractivity contribution in [1.82, 2.24) is 4.98 Å². The number of pyridine rings is 1. The lowest BCUT2D eigenvalue weighted by Gasteiger charge is -2.10. The van der Waals surface area contributed by atoms with E-state index in [9.17, 15) is 4.39 Å². The first-order valence-corrected chi connectivity index (χ1v) is 5.99. The van der Waals surface area contributed by atoms with Gasteiger partial charge in [-0.2, -0.15) is 0 Å². The Morgan fingerprint density at radius 3 is 2.88 bits per heavy atom. The number of hydrogen-bond donors (Lipinski definition) is 1. The predicted molar refractivity (Wildman–Crippen MR) is 66.2 cm³/mol. The number of benzene rings is 1. The highest BCUT2D eigenvalue weighted by Gasteiger charge is 2.37. The zero-order valence-corrected chi connectivity index (χ0v) is 9.62. The van der Waals surface area contributed by atoms with E-state index in [1.54, 1.807) is 12.3 Å². The molecule has 17 heavy (non-hydrogen) atoms. The number of hydrogen-bond acceptors (Lipinski definition) is 2. The molecule has 1 saturated carbocycles. The van der Waals surface area contributed by atoms with E-state index in [2.05, 4.69) is 4.98 Å². The van der Waals surface area contributed by atoms with Gasteiger partial charge in [0.2, 0.25) is 0 Å². The molecule has 2 aromatic rings. The van der Waals surface area contributed by atoms with Crippen molar-refractivity contribution in [2.75, 3.05) is 0 Å². The highest BCUT2D eigenvalue weighted by molar-refractivity contribution is 5.82. The van der Waals surface area contributed by atoms with Gasteiger partial charge in [-0.05, 0) is 43.4 Å². The average molecular weight is 230 g/mol.